The Hall–Kier alpha value is -2.69. The molecule has 0 saturated heterocycles. The van der Waals surface area contributed by atoms with E-state index in [0.29, 0.717) is 23.0 Å². The lowest BCUT2D eigenvalue weighted by molar-refractivity contribution is 0.211. The standard InChI is InChI=1S/C22H27NO4/c1-24-19-12-9-16-6-4-5-7-18(23-26-3)11-8-17-10-13-20(25-2)22(15-17)27-21(19)14-16/h9-10,12-15H,4-8,11H2,1-3H3/b23-18-. The van der Waals surface area contributed by atoms with Crippen LogP contribution in [0, 0.1) is 0 Å². The second-order valence-corrected chi connectivity index (χ2v) is 6.62. The molecule has 5 nitrogen and oxygen atoms in total. The molecule has 0 amide bonds. The summed E-state index contributed by atoms with van der Waals surface area (Å²) in [5.74, 6) is 2.81. The summed E-state index contributed by atoms with van der Waals surface area (Å²) in [5.41, 5.74) is 3.49. The Morgan fingerprint density at radius 3 is 1.93 bits per heavy atom. The van der Waals surface area contributed by atoms with E-state index in [4.69, 9.17) is 19.0 Å². The van der Waals surface area contributed by atoms with E-state index in [2.05, 4.69) is 23.4 Å². The van der Waals surface area contributed by atoms with Crippen LogP contribution in [0.5, 0.6) is 23.0 Å². The molecule has 2 aromatic carbocycles. The molecule has 0 aliphatic carbocycles. The van der Waals surface area contributed by atoms with Crippen LogP contribution in [0.2, 0.25) is 0 Å². The maximum absolute atomic E-state index is 6.22. The molecular weight excluding hydrogens is 342 g/mol. The van der Waals surface area contributed by atoms with E-state index in [1.54, 1.807) is 21.3 Å². The average molecular weight is 369 g/mol. The molecule has 0 atom stereocenters. The number of ether oxygens (including phenoxy) is 3. The van der Waals surface area contributed by atoms with Gasteiger partial charge in [0.25, 0.3) is 0 Å². The maximum atomic E-state index is 6.22. The highest BCUT2D eigenvalue weighted by Gasteiger charge is 2.13. The number of aryl methyl sites for hydroxylation is 2. The number of methoxy groups -OCH3 is 2. The molecule has 1 aliphatic rings. The maximum Gasteiger partial charge on any atom is 0.169 e. The fraction of sp³-hybridized carbons (Fsp3) is 0.409. The van der Waals surface area contributed by atoms with Crippen LogP contribution in [-0.2, 0) is 17.7 Å². The number of fused-ring (bicyclic) bond motifs is 4. The minimum atomic E-state index is 0.688. The second-order valence-electron chi connectivity index (χ2n) is 6.62. The minimum absolute atomic E-state index is 0.688. The summed E-state index contributed by atoms with van der Waals surface area (Å²) in [6.07, 6.45) is 5.85. The zero-order valence-electron chi connectivity index (χ0n) is 16.3. The number of oxime groups is 1. The summed E-state index contributed by atoms with van der Waals surface area (Å²) < 4.78 is 17.2. The monoisotopic (exact) mass is 369 g/mol. The molecule has 0 radical (unpaired) electrons. The molecule has 4 bridgehead atoms. The molecule has 5 heteroatoms. The Balaban J connectivity index is 1.98. The van der Waals surface area contributed by atoms with Gasteiger partial charge in [0.15, 0.2) is 23.0 Å². The zero-order valence-corrected chi connectivity index (χ0v) is 16.3. The van der Waals surface area contributed by atoms with Gasteiger partial charge in [0, 0.05) is 0 Å². The van der Waals surface area contributed by atoms with Crippen molar-refractivity contribution >= 4 is 5.71 Å². The van der Waals surface area contributed by atoms with Crippen molar-refractivity contribution in [2.24, 2.45) is 5.16 Å². The van der Waals surface area contributed by atoms with Crippen molar-refractivity contribution in [2.75, 3.05) is 21.3 Å². The quantitative estimate of drug-likeness (QED) is 0.702. The third-order valence-electron chi connectivity index (χ3n) is 4.78. The van der Waals surface area contributed by atoms with Crippen LogP contribution in [0.25, 0.3) is 0 Å². The van der Waals surface area contributed by atoms with Crippen LogP contribution < -0.4 is 14.2 Å². The van der Waals surface area contributed by atoms with Crippen molar-refractivity contribution in [2.45, 2.75) is 38.5 Å². The van der Waals surface area contributed by atoms with Crippen LogP contribution in [0.15, 0.2) is 41.6 Å². The number of nitrogens with zero attached hydrogens (tertiary/aromatic N) is 1. The van der Waals surface area contributed by atoms with Gasteiger partial charge in [-0.3, -0.25) is 0 Å². The summed E-state index contributed by atoms with van der Waals surface area (Å²) >= 11 is 0. The minimum Gasteiger partial charge on any atom is -0.493 e. The Bertz CT molecular complexity index is 801. The largest absolute Gasteiger partial charge is 0.493 e. The van der Waals surface area contributed by atoms with Gasteiger partial charge < -0.3 is 19.0 Å². The van der Waals surface area contributed by atoms with Gasteiger partial charge >= 0.3 is 0 Å². The SMILES string of the molecule is CO/N=C1/CCCCc2ccc(OC)c(c2)Oc2cc(ccc2OC)CC1. The zero-order chi connectivity index (χ0) is 19.1. The molecule has 0 N–H and O–H groups in total. The molecule has 0 saturated carbocycles. The molecule has 1 aliphatic heterocycles. The number of hydrogen-bond donors (Lipinski definition) is 0. The van der Waals surface area contributed by atoms with E-state index in [9.17, 15) is 0 Å². The lowest BCUT2D eigenvalue weighted by Crippen LogP contribution is -2.04. The summed E-state index contributed by atoms with van der Waals surface area (Å²) in [6.45, 7) is 0. The Labute approximate surface area is 160 Å². The van der Waals surface area contributed by atoms with Gasteiger partial charge in [-0.15, -0.1) is 0 Å². The molecule has 2 aromatic rings. The predicted molar refractivity (Wildman–Crippen MR) is 106 cm³/mol. The predicted octanol–water partition coefficient (Wildman–Crippen LogP) is 5.16. The third-order valence-corrected chi connectivity index (χ3v) is 4.78. The molecule has 144 valence electrons. The Morgan fingerprint density at radius 2 is 1.33 bits per heavy atom. The van der Waals surface area contributed by atoms with E-state index in [1.165, 1.54) is 11.1 Å². The molecule has 0 aromatic heterocycles. The molecule has 0 fully saturated rings. The van der Waals surface area contributed by atoms with Gasteiger partial charge in [0.05, 0.1) is 19.9 Å². The van der Waals surface area contributed by atoms with Crippen molar-refractivity contribution < 1.29 is 19.0 Å². The Morgan fingerprint density at radius 1 is 0.741 bits per heavy atom. The van der Waals surface area contributed by atoms with E-state index in [-0.39, 0.29) is 0 Å². The number of hydrogen-bond acceptors (Lipinski definition) is 5. The van der Waals surface area contributed by atoms with Crippen LogP contribution in [0.1, 0.15) is 36.8 Å². The lowest BCUT2D eigenvalue weighted by Gasteiger charge is -2.16. The first-order chi connectivity index (χ1) is 13.2. The summed E-state index contributed by atoms with van der Waals surface area (Å²) in [7, 11) is 4.91. The van der Waals surface area contributed by atoms with E-state index < -0.39 is 0 Å². The summed E-state index contributed by atoms with van der Waals surface area (Å²) in [4.78, 5) is 5.03. The van der Waals surface area contributed by atoms with E-state index >= 15 is 0 Å². The smallest absolute Gasteiger partial charge is 0.169 e. The van der Waals surface area contributed by atoms with Gasteiger partial charge in [0.1, 0.15) is 7.11 Å². The lowest BCUT2D eigenvalue weighted by atomic mass is 10.0. The topological polar surface area (TPSA) is 49.3 Å². The fourth-order valence-corrected chi connectivity index (χ4v) is 3.32. The Kier molecular flexibility index (Phi) is 6.58. The summed E-state index contributed by atoms with van der Waals surface area (Å²) in [5, 5.41) is 4.22. The van der Waals surface area contributed by atoms with Crippen LogP contribution in [0.4, 0.5) is 0 Å². The first-order valence-corrected chi connectivity index (χ1v) is 9.34. The van der Waals surface area contributed by atoms with Gasteiger partial charge in [-0.2, -0.15) is 0 Å². The van der Waals surface area contributed by atoms with Crippen molar-refractivity contribution in [3.63, 3.8) is 0 Å². The first kappa shape index (κ1) is 19.1. The van der Waals surface area contributed by atoms with Crippen molar-refractivity contribution in [1.29, 1.82) is 0 Å². The summed E-state index contributed by atoms with van der Waals surface area (Å²) in [6, 6.07) is 12.2. The third kappa shape index (κ3) is 4.94. The van der Waals surface area contributed by atoms with Crippen molar-refractivity contribution in [1.82, 2.24) is 0 Å². The van der Waals surface area contributed by atoms with Crippen LogP contribution >= 0.6 is 0 Å². The fourth-order valence-electron chi connectivity index (χ4n) is 3.32. The highest BCUT2D eigenvalue weighted by molar-refractivity contribution is 5.84. The van der Waals surface area contributed by atoms with Gasteiger partial charge in [-0.25, -0.2) is 0 Å². The van der Waals surface area contributed by atoms with E-state index in [1.807, 2.05) is 18.2 Å². The van der Waals surface area contributed by atoms with Crippen molar-refractivity contribution in [3.8, 4) is 23.0 Å². The number of rotatable bonds is 3. The van der Waals surface area contributed by atoms with Gasteiger partial charge in [-0.05, 0) is 73.9 Å². The molecule has 0 unspecified atom stereocenters. The van der Waals surface area contributed by atoms with Crippen LogP contribution in [-0.4, -0.2) is 27.0 Å². The molecule has 1 heterocycles. The average Bonchev–Trinajstić information content (AvgIpc) is 2.69. The van der Waals surface area contributed by atoms with Gasteiger partial charge in [-0.1, -0.05) is 17.3 Å². The van der Waals surface area contributed by atoms with E-state index in [0.717, 1.165) is 44.2 Å². The second kappa shape index (κ2) is 9.31. The van der Waals surface area contributed by atoms with Gasteiger partial charge in [0.2, 0.25) is 0 Å². The van der Waals surface area contributed by atoms with Crippen LogP contribution in [0.3, 0.4) is 0 Å². The highest BCUT2D eigenvalue weighted by atomic mass is 16.6. The molecule has 0 spiro atoms. The molecular formula is C22H27NO4. The highest BCUT2D eigenvalue weighted by Crippen LogP contribution is 2.38. The number of benzene rings is 2. The first-order valence-electron chi connectivity index (χ1n) is 9.34. The molecule has 27 heavy (non-hydrogen) atoms. The van der Waals surface area contributed by atoms with Crippen molar-refractivity contribution in [3.05, 3.63) is 47.5 Å². The normalized spacial score (nSPS) is 16.2. The molecule has 3 rings (SSSR count).